The van der Waals surface area contributed by atoms with Crippen LogP contribution < -0.4 is 16.0 Å². The number of pyridine rings is 1. The van der Waals surface area contributed by atoms with Crippen molar-refractivity contribution in [2.45, 2.75) is 84.0 Å². The van der Waals surface area contributed by atoms with Crippen LogP contribution in [0.1, 0.15) is 83.2 Å². The zero-order chi connectivity index (χ0) is 17.9. The lowest BCUT2D eigenvalue weighted by molar-refractivity contribution is 0.624. The third-order valence-corrected chi connectivity index (χ3v) is 5.18. The van der Waals surface area contributed by atoms with Gasteiger partial charge < -0.3 is 4.57 Å². The fourth-order valence-electron chi connectivity index (χ4n) is 3.60. The summed E-state index contributed by atoms with van der Waals surface area (Å²) < 4.78 is 2.23. The van der Waals surface area contributed by atoms with E-state index in [0.29, 0.717) is 0 Å². The minimum absolute atomic E-state index is 0.201. The Kier molecular flexibility index (Phi) is 8.79. The number of fused-ring (bicyclic) bond motifs is 1. The van der Waals surface area contributed by atoms with E-state index in [2.05, 4.69) is 42.8 Å². The summed E-state index contributed by atoms with van der Waals surface area (Å²) in [6.07, 6.45) is 23.5. The van der Waals surface area contributed by atoms with E-state index in [-0.39, 0.29) is 5.43 Å². The lowest BCUT2D eigenvalue weighted by Gasteiger charge is -2.12. The Balaban J connectivity index is 1.70. The van der Waals surface area contributed by atoms with E-state index in [1.807, 2.05) is 6.07 Å². The Bertz CT molecular complexity index is 724. The average Bonchev–Trinajstić information content (AvgIpc) is 2.63. The van der Waals surface area contributed by atoms with Crippen molar-refractivity contribution in [3.8, 4) is 0 Å². The first-order valence-electron chi connectivity index (χ1n) is 10.3. The molecule has 0 bridgehead atoms. The molecular weight excluding hydrogens is 306 g/mol. The summed E-state index contributed by atoms with van der Waals surface area (Å²) in [7, 11) is 2.10. The lowest BCUT2D eigenvalue weighted by Crippen LogP contribution is -2.46. The van der Waals surface area contributed by atoms with Gasteiger partial charge in [-0.05, 0) is 51.4 Å². The van der Waals surface area contributed by atoms with Crippen LogP contribution >= 0.6 is 0 Å². The van der Waals surface area contributed by atoms with Crippen molar-refractivity contribution in [1.29, 1.82) is 0 Å². The molecule has 0 saturated heterocycles. The van der Waals surface area contributed by atoms with Gasteiger partial charge in [-0.15, -0.1) is 0 Å². The molecule has 1 aromatic heterocycles. The number of rotatable bonds is 11. The molecule has 0 atom stereocenters. The number of allylic oxidation sites excluding steroid dienone is 2. The fourth-order valence-corrected chi connectivity index (χ4v) is 3.60. The van der Waals surface area contributed by atoms with Gasteiger partial charge in [-0.2, -0.15) is 0 Å². The Morgan fingerprint density at radius 2 is 1.64 bits per heavy atom. The fraction of sp³-hybridized carbons (Fsp3) is 0.609. The van der Waals surface area contributed by atoms with Crippen LogP contribution in [-0.4, -0.2) is 4.57 Å². The molecule has 1 heterocycles. The molecule has 25 heavy (non-hydrogen) atoms. The topological polar surface area (TPSA) is 22.0 Å². The summed E-state index contributed by atoms with van der Waals surface area (Å²) in [5.74, 6) is 0. The minimum Gasteiger partial charge on any atom is -0.348 e. The maximum Gasteiger partial charge on any atom is 0.189 e. The van der Waals surface area contributed by atoms with E-state index in [1.54, 1.807) is 0 Å². The van der Waals surface area contributed by atoms with Crippen molar-refractivity contribution in [1.82, 2.24) is 4.57 Å². The highest BCUT2D eigenvalue weighted by Crippen LogP contribution is 2.08. The molecule has 0 fully saturated rings. The smallest absolute Gasteiger partial charge is 0.189 e. The summed E-state index contributed by atoms with van der Waals surface area (Å²) in [4.78, 5) is 12.3. The maximum atomic E-state index is 12.3. The maximum absolute atomic E-state index is 12.3. The second kappa shape index (κ2) is 11.1. The SMILES string of the molecule is CCCCC/C=C\CCCCCCc1cc(=O)c2c(n1C)=CCCC=2. The number of hydrogen-bond acceptors (Lipinski definition) is 1. The van der Waals surface area contributed by atoms with Gasteiger partial charge in [0.25, 0.3) is 0 Å². The molecule has 0 spiro atoms. The predicted octanol–water partition coefficient (Wildman–Crippen LogP) is 4.37. The van der Waals surface area contributed by atoms with Crippen molar-refractivity contribution >= 4 is 12.2 Å². The number of hydrogen-bond donors (Lipinski definition) is 0. The second-order valence-corrected chi connectivity index (χ2v) is 7.26. The van der Waals surface area contributed by atoms with Crippen LogP contribution in [0.25, 0.3) is 12.2 Å². The lowest BCUT2D eigenvalue weighted by atomic mass is 10.1. The van der Waals surface area contributed by atoms with E-state index >= 15 is 0 Å². The van der Waals surface area contributed by atoms with Gasteiger partial charge in [0.2, 0.25) is 0 Å². The van der Waals surface area contributed by atoms with Gasteiger partial charge in [-0.25, -0.2) is 0 Å². The molecule has 0 unspecified atom stereocenters. The van der Waals surface area contributed by atoms with Crippen LogP contribution in [0.3, 0.4) is 0 Å². The van der Waals surface area contributed by atoms with Crippen LogP contribution in [-0.2, 0) is 13.5 Å². The van der Waals surface area contributed by atoms with Crippen LogP contribution in [0, 0.1) is 0 Å². The summed E-state index contributed by atoms with van der Waals surface area (Å²) in [6.45, 7) is 2.25. The van der Waals surface area contributed by atoms with Gasteiger partial charge in [-0.1, -0.05) is 56.9 Å². The molecule has 2 rings (SSSR count). The zero-order valence-electron chi connectivity index (χ0n) is 16.2. The van der Waals surface area contributed by atoms with Gasteiger partial charge in [-0.3, -0.25) is 4.79 Å². The summed E-state index contributed by atoms with van der Waals surface area (Å²) >= 11 is 0. The van der Waals surface area contributed by atoms with Crippen LogP contribution in [0.2, 0.25) is 0 Å². The molecule has 0 radical (unpaired) electrons. The molecule has 0 aromatic carbocycles. The molecule has 0 aliphatic heterocycles. The van der Waals surface area contributed by atoms with Crippen LogP contribution in [0.15, 0.2) is 23.0 Å². The van der Waals surface area contributed by atoms with E-state index < -0.39 is 0 Å². The third-order valence-electron chi connectivity index (χ3n) is 5.18. The van der Waals surface area contributed by atoms with Gasteiger partial charge in [0.05, 0.1) is 0 Å². The normalized spacial score (nSPS) is 13.5. The second-order valence-electron chi connectivity index (χ2n) is 7.26. The largest absolute Gasteiger partial charge is 0.348 e. The molecule has 1 aliphatic carbocycles. The first-order valence-corrected chi connectivity index (χ1v) is 10.3. The Hall–Kier alpha value is -1.57. The quantitative estimate of drug-likeness (QED) is 0.433. The van der Waals surface area contributed by atoms with E-state index in [0.717, 1.165) is 29.8 Å². The van der Waals surface area contributed by atoms with Crippen LogP contribution in [0.5, 0.6) is 0 Å². The molecule has 0 saturated carbocycles. The molecule has 138 valence electrons. The highest BCUT2D eigenvalue weighted by atomic mass is 16.1. The minimum atomic E-state index is 0.201. The van der Waals surface area contributed by atoms with Crippen molar-refractivity contribution in [3.05, 3.63) is 44.7 Å². The summed E-state index contributed by atoms with van der Waals surface area (Å²) in [6, 6.07) is 1.85. The Morgan fingerprint density at radius 3 is 2.40 bits per heavy atom. The first kappa shape index (κ1) is 19.8. The van der Waals surface area contributed by atoms with Gasteiger partial charge >= 0.3 is 0 Å². The van der Waals surface area contributed by atoms with Crippen molar-refractivity contribution in [2.24, 2.45) is 7.05 Å². The van der Waals surface area contributed by atoms with Crippen molar-refractivity contribution in [3.63, 3.8) is 0 Å². The standard InChI is InChI=1S/C23H35NO/c1-3-4-5-6-7-8-9-10-11-12-13-16-20-19-23(25)21-17-14-15-18-22(21)24(20)2/h7-8,17-19H,3-6,9-16H2,1-2H3/b8-7-. The third kappa shape index (κ3) is 6.34. The van der Waals surface area contributed by atoms with Gasteiger partial charge in [0.15, 0.2) is 5.43 Å². The predicted molar refractivity (Wildman–Crippen MR) is 109 cm³/mol. The zero-order valence-corrected chi connectivity index (χ0v) is 16.2. The van der Waals surface area contributed by atoms with E-state index in [1.165, 1.54) is 63.5 Å². The van der Waals surface area contributed by atoms with Gasteiger partial charge in [0.1, 0.15) is 0 Å². The van der Waals surface area contributed by atoms with E-state index in [9.17, 15) is 4.79 Å². The van der Waals surface area contributed by atoms with Crippen LogP contribution in [0.4, 0.5) is 0 Å². The van der Waals surface area contributed by atoms with E-state index in [4.69, 9.17) is 0 Å². The number of nitrogens with zero attached hydrogens (tertiary/aromatic N) is 1. The highest BCUT2D eigenvalue weighted by Gasteiger charge is 2.05. The highest BCUT2D eigenvalue weighted by molar-refractivity contribution is 5.36. The Labute approximate surface area is 153 Å². The number of aryl methyl sites for hydroxylation is 1. The molecular formula is C23H35NO. The molecule has 0 amide bonds. The molecule has 0 N–H and O–H groups in total. The average molecular weight is 342 g/mol. The van der Waals surface area contributed by atoms with Crippen molar-refractivity contribution in [2.75, 3.05) is 0 Å². The summed E-state index contributed by atoms with van der Waals surface area (Å²) in [5.41, 5.74) is 1.39. The summed E-state index contributed by atoms with van der Waals surface area (Å²) in [5, 5.41) is 2.03. The number of aromatic nitrogens is 1. The van der Waals surface area contributed by atoms with Crippen molar-refractivity contribution < 1.29 is 0 Å². The molecule has 1 aliphatic rings. The molecule has 2 heteroatoms. The monoisotopic (exact) mass is 341 g/mol. The first-order chi connectivity index (χ1) is 12.2. The molecule has 1 aromatic rings. The van der Waals surface area contributed by atoms with Gasteiger partial charge in [0, 0.05) is 29.4 Å². The Morgan fingerprint density at radius 1 is 0.960 bits per heavy atom. The molecule has 2 nitrogen and oxygen atoms in total. The number of unbranched alkanes of at least 4 members (excludes halogenated alkanes) is 7.